The molecule has 2 heterocycles. The van der Waals surface area contributed by atoms with Crippen LogP contribution in [0.15, 0.2) is 12.1 Å². The number of carbonyl (C=O) groups is 1. The molecule has 0 aliphatic carbocycles. The number of hydrogen-bond donors (Lipinski definition) is 2. The average molecular weight is 254 g/mol. The number of nitrogens with zero attached hydrogens (tertiary/aromatic N) is 1. The topological polar surface area (TPSA) is 52.6 Å². The summed E-state index contributed by atoms with van der Waals surface area (Å²) in [5.74, 6) is -0.760. The molecule has 0 amide bonds. The van der Waals surface area contributed by atoms with Crippen LogP contribution in [0, 0.1) is 0 Å². The van der Waals surface area contributed by atoms with Gasteiger partial charge in [-0.25, -0.2) is 0 Å². The zero-order chi connectivity index (χ0) is 12.3. The van der Waals surface area contributed by atoms with Crippen LogP contribution in [0.25, 0.3) is 0 Å². The molecule has 17 heavy (non-hydrogen) atoms. The van der Waals surface area contributed by atoms with Gasteiger partial charge in [0.1, 0.15) is 0 Å². The second-order valence-corrected chi connectivity index (χ2v) is 5.82. The molecule has 4 nitrogen and oxygen atoms in total. The second-order valence-electron chi connectivity index (χ2n) is 4.57. The number of likely N-dealkylation sites (tertiary alicyclic amines) is 1. The third-order valence-electron chi connectivity index (χ3n) is 3.00. The lowest BCUT2D eigenvalue weighted by Gasteiger charge is -2.11. The number of nitrogens with one attached hydrogen (secondary N) is 1. The predicted octanol–water partition coefficient (Wildman–Crippen LogP) is 1.17. The van der Waals surface area contributed by atoms with Gasteiger partial charge in [-0.1, -0.05) is 0 Å². The summed E-state index contributed by atoms with van der Waals surface area (Å²) >= 11 is 1.59. The maximum absolute atomic E-state index is 10.6. The van der Waals surface area contributed by atoms with E-state index in [1.165, 1.54) is 11.3 Å². The Morgan fingerprint density at radius 1 is 1.59 bits per heavy atom. The summed E-state index contributed by atoms with van der Waals surface area (Å²) in [6.45, 7) is 3.11. The van der Waals surface area contributed by atoms with Gasteiger partial charge in [-0.3, -0.25) is 4.79 Å². The fraction of sp³-hybridized carbons (Fsp3) is 0.583. The molecule has 0 aromatic carbocycles. The van der Waals surface area contributed by atoms with Crippen molar-refractivity contribution >= 4 is 17.3 Å². The number of rotatable bonds is 5. The Bertz CT molecular complexity index is 392. The largest absolute Gasteiger partial charge is 0.481 e. The third-order valence-corrected chi connectivity index (χ3v) is 4.08. The molecule has 1 fully saturated rings. The minimum atomic E-state index is -0.760. The Hall–Kier alpha value is -0.910. The summed E-state index contributed by atoms with van der Waals surface area (Å²) in [7, 11) is 2.14. The van der Waals surface area contributed by atoms with Crippen LogP contribution in [0.1, 0.15) is 16.2 Å². The molecule has 1 aromatic heterocycles. The zero-order valence-electron chi connectivity index (χ0n) is 9.98. The summed E-state index contributed by atoms with van der Waals surface area (Å²) in [5, 5.41) is 12.2. The number of aliphatic carboxylic acids is 1. The van der Waals surface area contributed by atoms with Crippen LogP contribution < -0.4 is 5.32 Å². The molecule has 1 saturated heterocycles. The van der Waals surface area contributed by atoms with E-state index >= 15 is 0 Å². The van der Waals surface area contributed by atoms with Crippen LogP contribution in [-0.2, 0) is 17.8 Å². The van der Waals surface area contributed by atoms with Crippen LogP contribution in [0.4, 0.5) is 0 Å². The first-order chi connectivity index (χ1) is 8.13. The van der Waals surface area contributed by atoms with E-state index < -0.39 is 5.97 Å². The van der Waals surface area contributed by atoms with Crippen LogP contribution in [-0.4, -0.2) is 42.2 Å². The van der Waals surface area contributed by atoms with Crippen molar-refractivity contribution in [3.05, 3.63) is 21.9 Å². The summed E-state index contributed by atoms with van der Waals surface area (Å²) in [6.07, 6.45) is 1.33. The third kappa shape index (κ3) is 3.80. The number of thiophene rings is 1. The number of carboxylic acid groups (broad SMARTS) is 1. The first-order valence-corrected chi connectivity index (χ1v) is 6.66. The van der Waals surface area contributed by atoms with Crippen LogP contribution in [0.3, 0.4) is 0 Å². The number of carboxylic acids is 1. The highest BCUT2D eigenvalue weighted by molar-refractivity contribution is 7.12. The highest BCUT2D eigenvalue weighted by Gasteiger charge is 2.18. The molecule has 2 N–H and O–H groups in total. The van der Waals surface area contributed by atoms with Crippen LogP contribution in [0.5, 0.6) is 0 Å². The molecule has 2 rings (SSSR count). The molecule has 0 bridgehead atoms. The molecule has 0 spiro atoms. The molecule has 0 radical (unpaired) electrons. The van der Waals surface area contributed by atoms with E-state index in [2.05, 4.69) is 17.3 Å². The first-order valence-electron chi connectivity index (χ1n) is 5.85. The van der Waals surface area contributed by atoms with Gasteiger partial charge in [0.25, 0.3) is 0 Å². The van der Waals surface area contributed by atoms with Crippen molar-refractivity contribution in [3.63, 3.8) is 0 Å². The van der Waals surface area contributed by atoms with Crippen molar-refractivity contribution < 1.29 is 9.90 Å². The normalized spacial score (nSPS) is 20.9. The fourth-order valence-electron chi connectivity index (χ4n) is 2.11. The highest BCUT2D eigenvalue weighted by atomic mass is 32.1. The number of likely N-dealkylation sites (N-methyl/N-ethyl adjacent to an activating group) is 1. The Kier molecular flexibility index (Phi) is 4.15. The van der Waals surface area contributed by atoms with E-state index in [1.54, 1.807) is 11.3 Å². The Balaban J connectivity index is 1.79. The van der Waals surface area contributed by atoms with Crippen LogP contribution >= 0.6 is 11.3 Å². The molecule has 1 aromatic rings. The molecule has 94 valence electrons. The molecule has 1 unspecified atom stereocenters. The monoisotopic (exact) mass is 254 g/mol. The van der Waals surface area contributed by atoms with Gasteiger partial charge >= 0.3 is 5.97 Å². The standard InChI is InChI=1S/C12H18N2O2S/c1-14-5-4-9(8-14)13-7-11-3-2-10(17-11)6-12(15)16/h2-3,9,13H,4-8H2,1H3,(H,15,16). The van der Waals surface area contributed by atoms with Gasteiger partial charge in [0.15, 0.2) is 0 Å². The van der Waals surface area contributed by atoms with Gasteiger partial charge in [0, 0.05) is 28.9 Å². The van der Waals surface area contributed by atoms with E-state index in [4.69, 9.17) is 5.11 Å². The average Bonchev–Trinajstić information content (AvgIpc) is 2.84. The smallest absolute Gasteiger partial charge is 0.308 e. The second kappa shape index (κ2) is 5.62. The van der Waals surface area contributed by atoms with E-state index in [0.717, 1.165) is 24.5 Å². The SMILES string of the molecule is CN1CCC(NCc2ccc(CC(=O)O)s2)C1. The predicted molar refractivity (Wildman–Crippen MR) is 68.4 cm³/mol. The minimum Gasteiger partial charge on any atom is -0.481 e. The summed E-state index contributed by atoms with van der Waals surface area (Å²) in [6, 6.07) is 4.51. The maximum atomic E-state index is 10.6. The van der Waals surface area contributed by atoms with Crippen molar-refractivity contribution in [1.82, 2.24) is 10.2 Å². The quantitative estimate of drug-likeness (QED) is 0.828. The van der Waals surface area contributed by atoms with Crippen molar-refractivity contribution in [1.29, 1.82) is 0 Å². The van der Waals surface area contributed by atoms with Crippen LogP contribution in [0.2, 0.25) is 0 Å². The summed E-state index contributed by atoms with van der Waals surface area (Å²) in [5.41, 5.74) is 0. The first kappa shape index (κ1) is 12.5. The molecular weight excluding hydrogens is 236 g/mol. The molecule has 1 aliphatic rings. The number of hydrogen-bond acceptors (Lipinski definition) is 4. The van der Waals surface area contributed by atoms with E-state index in [9.17, 15) is 4.79 Å². The lowest BCUT2D eigenvalue weighted by atomic mass is 10.2. The van der Waals surface area contributed by atoms with Gasteiger partial charge in [-0.05, 0) is 32.1 Å². The maximum Gasteiger partial charge on any atom is 0.308 e. The van der Waals surface area contributed by atoms with E-state index in [0.29, 0.717) is 6.04 Å². The van der Waals surface area contributed by atoms with Gasteiger partial charge in [-0.2, -0.15) is 0 Å². The fourth-order valence-corrected chi connectivity index (χ4v) is 3.07. The Labute approximate surface area is 105 Å². The summed E-state index contributed by atoms with van der Waals surface area (Å²) < 4.78 is 0. The van der Waals surface area contributed by atoms with Crippen molar-refractivity contribution in [2.45, 2.75) is 25.4 Å². The van der Waals surface area contributed by atoms with Crippen molar-refractivity contribution in [2.24, 2.45) is 0 Å². The molecule has 1 aliphatic heterocycles. The van der Waals surface area contributed by atoms with E-state index in [1.807, 2.05) is 12.1 Å². The van der Waals surface area contributed by atoms with Crippen molar-refractivity contribution in [3.8, 4) is 0 Å². The van der Waals surface area contributed by atoms with Gasteiger partial charge in [0.05, 0.1) is 6.42 Å². The van der Waals surface area contributed by atoms with E-state index in [-0.39, 0.29) is 6.42 Å². The Morgan fingerprint density at radius 3 is 3.00 bits per heavy atom. The molecular formula is C12H18N2O2S. The van der Waals surface area contributed by atoms with Gasteiger partial charge < -0.3 is 15.3 Å². The molecule has 0 saturated carbocycles. The lowest BCUT2D eigenvalue weighted by Crippen LogP contribution is -2.30. The van der Waals surface area contributed by atoms with Crippen molar-refractivity contribution in [2.75, 3.05) is 20.1 Å². The molecule has 1 atom stereocenters. The highest BCUT2D eigenvalue weighted by Crippen LogP contribution is 2.17. The summed E-state index contributed by atoms with van der Waals surface area (Å²) in [4.78, 5) is 15.0. The Morgan fingerprint density at radius 2 is 2.35 bits per heavy atom. The van der Waals surface area contributed by atoms with Gasteiger partial charge in [0.2, 0.25) is 0 Å². The molecule has 5 heteroatoms. The lowest BCUT2D eigenvalue weighted by molar-refractivity contribution is -0.136. The zero-order valence-corrected chi connectivity index (χ0v) is 10.8. The van der Waals surface area contributed by atoms with Gasteiger partial charge in [-0.15, -0.1) is 11.3 Å². The minimum absolute atomic E-state index is 0.136.